The number of hydrogen-bond donors (Lipinski definition) is 1. The minimum atomic E-state index is -4.58. The zero-order valence-electron chi connectivity index (χ0n) is 16.3. The summed E-state index contributed by atoms with van der Waals surface area (Å²) in [7, 11) is 0. The molecule has 0 bridgehead atoms. The second-order valence-electron chi connectivity index (χ2n) is 6.51. The van der Waals surface area contributed by atoms with Crippen molar-refractivity contribution in [2.45, 2.75) is 19.5 Å². The van der Waals surface area contributed by atoms with E-state index in [2.05, 4.69) is 5.32 Å². The summed E-state index contributed by atoms with van der Waals surface area (Å²) in [6.07, 6.45) is -4.92. The number of carbonyl (C=O) groups excluding carboxylic acids is 2. The molecule has 1 heterocycles. The van der Waals surface area contributed by atoms with Gasteiger partial charge in [-0.1, -0.05) is 41.9 Å². The Labute approximate surface area is 185 Å². The topological polar surface area (TPSA) is 55.4 Å². The molecule has 0 radical (unpaired) electrons. The number of benzene rings is 2. The average Bonchev–Trinajstić information content (AvgIpc) is 3.11. The van der Waals surface area contributed by atoms with Crippen molar-refractivity contribution in [3.8, 4) is 10.4 Å². The first-order chi connectivity index (χ1) is 14.7. The number of nitrogens with one attached hydrogen (secondary N) is 1. The van der Waals surface area contributed by atoms with Crippen LogP contribution < -0.4 is 5.32 Å². The molecule has 0 saturated heterocycles. The average molecular weight is 468 g/mol. The van der Waals surface area contributed by atoms with Crippen LogP contribution in [0.2, 0.25) is 5.02 Å². The smallest absolute Gasteiger partial charge is 0.416 e. The van der Waals surface area contributed by atoms with Crippen molar-refractivity contribution in [2.75, 3.05) is 11.9 Å². The van der Waals surface area contributed by atoms with Gasteiger partial charge in [-0.3, -0.25) is 4.79 Å². The summed E-state index contributed by atoms with van der Waals surface area (Å²) >= 11 is 6.96. The molecule has 3 aromatic rings. The van der Waals surface area contributed by atoms with Gasteiger partial charge in [-0.2, -0.15) is 13.2 Å². The number of amides is 1. The lowest BCUT2D eigenvalue weighted by atomic mass is 10.1. The fourth-order valence-electron chi connectivity index (χ4n) is 2.86. The summed E-state index contributed by atoms with van der Waals surface area (Å²) in [6, 6.07) is 13.8. The SMILES string of the molecule is CCOC(=O)c1cc(-c2ccccc2)sc1NC(=O)Cc1cc(Cl)cc(C(F)(F)F)c1. The van der Waals surface area contributed by atoms with Crippen molar-refractivity contribution in [3.05, 3.63) is 76.3 Å². The van der Waals surface area contributed by atoms with Crippen LogP contribution in [0.4, 0.5) is 18.2 Å². The molecule has 0 aliphatic heterocycles. The molecule has 0 saturated carbocycles. The van der Waals surface area contributed by atoms with Crippen LogP contribution in [0, 0.1) is 0 Å². The first-order valence-electron chi connectivity index (χ1n) is 9.20. The summed E-state index contributed by atoms with van der Waals surface area (Å²) in [5.74, 6) is -1.18. The Bertz CT molecular complexity index is 1100. The largest absolute Gasteiger partial charge is 0.462 e. The van der Waals surface area contributed by atoms with E-state index in [4.69, 9.17) is 16.3 Å². The van der Waals surface area contributed by atoms with Gasteiger partial charge in [0.15, 0.2) is 0 Å². The van der Waals surface area contributed by atoms with Crippen LogP contribution in [-0.4, -0.2) is 18.5 Å². The Morgan fingerprint density at radius 3 is 2.45 bits per heavy atom. The first-order valence-corrected chi connectivity index (χ1v) is 10.4. The summed E-state index contributed by atoms with van der Waals surface area (Å²) in [6.45, 7) is 1.82. The second kappa shape index (κ2) is 9.53. The Kier molecular flexibility index (Phi) is 7.02. The van der Waals surface area contributed by atoms with E-state index in [-0.39, 0.29) is 34.2 Å². The van der Waals surface area contributed by atoms with Crippen molar-refractivity contribution in [1.82, 2.24) is 0 Å². The lowest BCUT2D eigenvalue weighted by molar-refractivity contribution is -0.137. The minimum absolute atomic E-state index is 0.106. The van der Waals surface area contributed by atoms with E-state index in [1.807, 2.05) is 30.3 Å². The van der Waals surface area contributed by atoms with Gasteiger partial charge < -0.3 is 10.1 Å². The molecule has 2 aromatic carbocycles. The van der Waals surface area contributed by atoms with Crippen molar-refractivity contribution < 1.29 is 27.5 Å². The summed E-state index contributed by atoms with van der Waals surface area (Å²) < 4.78 is 44.1. The molecule has 0 aliphatic rings. The number of esters is 1. The van der Waals surface area contributed by atoms with Crippen molar-refractivity contribution in [3.63, 3.8) is 0 Å². The van der Waals surface area contributed by atoms with E-state index in [0.29, 0.717) is 0 Å². The zero-order chi connectivity index (χ0) is 22.6. The number of thiophene rings is 1. The second-order valence-corrected chi connectivity index (χ2v) is 8.00. The fraction of sp³-hybridized carbons (Fsp3) is 0.182. The van der Waals surface area contributed by atoms with Crippen LogP contribution in [-0.2, 0) is 22.1 Å². The third-order valence-electron chi connectivity index (χ3n) is 4.19. The molecule has 9 heteroatoms. The Morgan fingerprint density at radius 2 is 1.81 bits per heavy atom. The van der Waals surface area contributed by atoms with Crippen LogP contribution in [0.5, 0.6) is 0 Å². The van der Waals surface area contributed by atoms with E-state index in [9.17, 15) is 22.8 Å². The standard InChI is InChI=1S/C22H17ClF3NO3S/c1-2-30-21(29)17-12-18(14-6-4-3-5-7-14)31-20(17)27-19(28)10-13-8-15(22(24,25)26)11-16(23)9-13/h3-9,11-12H,2,10H2,1H3,(H,27,28). The van der Waals surface area contributed by atoms with Gasteiger partial charge in [0, 0.05) is 9.90 Å². The molecule has 0 unspecified atom stereocenters. The number of ether oxygens (including phenoxy) is 1. The van der Waals surface area contributed by atoms with Crippen molar-refractivity contribution in [1.29, 1.82) is 0 Å². The first kappa shape index (κ1) is 22.8. The Balaban J connectivity index is 1.86. The highest BCUT2D eigenvalue weighted by Gasteiger charge is 2.31. The van der Waals surface area contributed by atoms with Crippen LogP contribution in [0.3, 0.4) is 0 Å². The lowest BCUT2D eigenvalue weighted by Crippen LogP contribution is -2.16. The van der Waals surface area contributed by atoms with Crippen LogP contribution in [0.15, 0.2) is 54.6 Å². The van der Waals surface area contributed by atoms with Crippen LogP contribution in [0.25, 0.3) is 10.4 Å². The lowest BCUT2D eigenvalue weighted by Gasteiger charge is -2.10. The maximum absolute atomic E-state index is 13.0. The van der Waals surface area contributed by atoms with Gasteiger partial charge in [-0.25, -0.2) is 4.79 Å². The number of rotatable bonds is 6. The van der Waals surface area contributed by atoms with E-state index >= 15 is 0 Å². The Morgan fingerprint density at radius 1 is 1.10 bits per heavy atom. The molecule has 162 valence electrons. The van der Waals surface area contributed by atoms with Gasteiger partial charge in [0.2, 0.25) is 5.91 Å². The highest BCUT2D eigenvalue weighted by atomic mass is 35.5. The Hall–Kier alpha value is -2.84. The number of alkyl halides is 3. The summed E-state index contributed by atoms with van der Waals surface area (Å²) in [5, 5.41) is 2.77. The zero-order valence-corrected chi connectivity index (χ0v) is 17.8. The van der Waals surface area contributed by atoms with Gasteiger partial charge in [-0.05, 0) is 42.3 Å². The molecule has 1 amide bonds. The van der Waals surface area contributed by atoms with Crippen molar-refractivity contribution >= 4 is 39.8 Å². The number of halogens is 4. The summed E-state index contributed by atoms with van der Waals surface area (Å²) in [5.41, 5.74) is 0.205. The number of hydrogen-bond acceptors (Lipinski definition) is 4. The van der Waals surface area contributed by atoms with Gasteiger partial charge in [0.1, 0.15) is 5.00 Å². The van der Waals surface area contributed by atoms with E-state index in [1.54, 1.807) is 13.0 Å². The molecule has 0 atom stereocenters. The van der Waals surface area contributed by atoms with Crippen molar-refractivity contribution in [2.24, 2.45) is 0 Å². The van der Waals surface area contributed by atoms with Crippen LogP contribution in [0.1, 0.15) is 28.4 Å². The highest BCUT2D eigenvalue weighted by Crippen LogP contribution is 2.36. The van der Waals surface area contributed by atoms with E-state index < -0.39 is 23.6 Å². The number of carbonyl (C=O) groups is 2. The van der Waals surface area contributed by atoms with E-state index in [1.165, 1.54) is 17.4 Å². The molecular weight excluding hydrogens is 451 g/mol. The minimum Gasteiger partial charge on any atom is -0.462 e. The van der Waals surface area contributed by atoms with Crippen LogP contribution >= 0.6 is 22.9 Å². The molecule has 0 spiro atoms. The predicted octanol–water partition coefficient (Wildman–Crippen LogP) is 6.45. The molecule has 0 aliphatic carbocycles. The fourth-order valence-corrected chi connectivity index (χ4v) is 4.19. The van der Waals surface area contributed by atoms with Gasteiger partial charge >= 0.3 is 12.1 Å². The summed E-state index contributed by atoms with van der Waals surface area (Å²) in [4.78, 5) is 25.6. The van der Waals surface area contributed by atoms with Gasteiger partial charge in [-0.15, -0.1) is 11.3 Å². The number of anilines is 1. The molecular formula is C22H17ClF3NO3S. The molecule has 0 fully saturated rings. The molecule has 1 N–H and O–H groups in total. The van der Waals surface area contributed by atoms with E-state index in [0.717, 1.165) is 22.6 Å². The predicted molar refractivity (Wildman–Crippen MR) is 114 cm³/mol. The maximum atomic E-state index is 13.0. The molecule has 1 aromatic heterocycles. The third-order valence-corrected chi connectivity index (χ3v) is 5.51. The molecule has 31 heavy (non-hydrogen) atoms. The monoisotopic (exact) mass is 467 g/mol. The highest BCUT2D eigenvalue weighted by molar-refractivity contribution is 7.20. The van der Waals surface area contributed by atoms with Gasteiger partial charge in [0.25, 0.3) is 0 Å². The van der Waals surface area contributed by atoms with Gasteiger partial charge in [0.05, 0.1) is 24.2 Å². The normalized spacial score (nSPS) is 11.3. The molecule has 3 rings (SSSR count). The maximum Gasteiger partial charge on any atom is 0.416 e. The molecule has 4 nitrogen and oxygen atoms in total. The third kappa shape index (κ3) is 5.86. The quantitative estimate of drug-likeness (QED) is 0.424.